The van der Waals surface area contributed by atoms with Crippen molar-refractivity contribution < 1.29 is 73.7 Å². The number of hydrogen-bond donors (Lipinski definition) is 0. The van der Waals surface area contributed by atoms with Gasteiger partial charge in [-0.2, -0.15) is 4.57 Å². The van der Waals surface area contributed by atoms with Crippen LogP contribution in [0, 0.1) is 6.92 Å². The van der Waals surface area contributed by atoms with Crippen molar-refractivity contribution in [2.45, 2.75) is 76.7 Å². The number of aromatic nitrogens is 1. The molecule has 3 amide bonds. The normalized spacial score (nSPS) is 13.2. The second-order valence-corrected chi connectivity index (χ2v) is 18.4. The van der Waals surface area contributed by atoms with Crippen LogP contribution in [0.2, 0.25) is 0 Å². The number of aryl methyl sites for hydroxylation is 2. The average molecular weight is 930 g/mol. The summed E-state index contributed by atoms with van der Waals surface area (Å²) in [6.07, 6.45) is 1.03. The Morgan fingerprint density at radius 2 is 1.33 bits per heavy atom. The zero-order chi connectivity index (χ0) is 46.3. The van der Waals surface area contributed by atoms with Gasteiger partial charge in [0.15, 0.2) is 6.54 Å². The number of nitrogens with zero attached hydrogens (tertiary/aromatic N) is 3. The fraction of sp³-hybridized carbons (Fsp3) is 0.477. The minimum atomic E-state index is -4.57. The first kappa shape index (κ1) is 49.8. The number of pyridine rings is 1. The highest BCUT2D eigenvalue weighted by molar-refractivity contribution is 7.89. The van der Waals surface area contributed by atoms with Gasteiger partial charge in [-0.25, -0.2) is 25.9 Å². The molecule has 0 spiro atoms. The standard InChI is InChI=1S/C44H55N3O15S2/c1-4-22-58-25-27-60-33-12-16-38-36(30-33)43(37-31-34(61-28-26-59-24-23-57-3)13-17-39(37)45(38)20-8-29-63(52,53)54)44(51)46(64(55,56)35-14-10-32(2)11-15-35)21-7-5-6-9-42(50)62-47-40(48)18-19-41(47)49/h10-17,30-31H,4-9,18-29H2,1-3H3. The minimum absolute atomic E-state index is 0.0219. The monoisotopic (exact) mass is 929 g/mol. The van der Waals surface area contributed by atoms with Crippen LogP contribution in [0.15, 0.2) is 65.6 Å². The summed E-state index contributed by atoms with van der Waals surface area (Å²) >= 11 is 0. The van der Waals surface area contributed by atoms with Crippen molar-refractivity contribution in [2.24, 2.45) is 0 Å². The Kier molecular flexibility index (Phi) is 18.4. The molecule has 0 aliphatic carbocycles. The number of ether oxygens (including phenoxy) is 5. The van der Waals surface area contributed by atoms with Gasteiger partial charge in [-0.3, -0.25) is 14.4 Å². The molecule has 0 saturated carbocycles. The Labute approximate surface area is 373 Å². The van der Waals surface area contributed by atoms with Crippen LogP contribution in [-0.2, 0) is 60.1 Å². The van der Waals surface area contributed by atoms with E-state index >= 15 is 4.79 Å². The van der Waals surface area contributed by atoms with Gasteiger partial charge in [0, 0.05) is 63.8 Å². The lowest BCUT2D eigenvalue weighted by atomic mass is 10.00. The molecule has 1 aromatic heterocycles. The number of benzene rings is 3. The van der Waals surface area contributed by atoms with Crippen LogP contribution in [0.4, 0.5) is 0 Å². The molecule has 348 valence electrons. The molecule has 1 aliphatic heterocycles. The number of imide groups is 1. The highest BCUT2D eigenvalue weighted by atomic mass is 32.2. The van der Waals surface area contributed by atoms with Gasteiger partial charge in [-0.05, 0) is 62.6 Å². The molecule has 0 atom stereocenters. The molecule has 2 heterocycles. The fourth-order valence-corrected chi connectivity index (χ4v) is 8.85. The molecule has 4 aromatic rings. The molecule has 5 rings (SSSR count). The third kappa shape index (κ3) is 13.6. The van der Waals surface area contributed by atoms with Crippen LogP contribution in [0.3, 0.4) is 0 Å². The minimum Gasteiger partial charge on any atom is -0.748 e. The maximum absolute atomic E-state index is 15.4. The number of methoxy groups -OCH3 is 1. The summed E-state index contributed by atoms with van der Waals surface area (Å²) in [5, 5.41) is 0.999. The second kappa shape index (κ2) is 23.6. The number of hydrogen-bond acceptors (Lipinski definition) is 15. The summed E-state index contributed by atoms with van der Waals surface area (Å²) in [6.45, 7) is 5.54. The quantitative estimate of drug-likeness (QED) is 0.0266. The smallest absolute Gasteiger partial charge is 0.333 e. The molecule has 18 nitrogen and oxygen atoms in total. The third-order valence-electron chi connectivity index (χ3n) is 10.1. The Morgan fingerprint density at radius 3 is 1.89 bits per heavy atom. The van der Waals surface area contributed by atoms with Crippen molar-refractivity contribution in [1.82, 2.24) is 9.37 Å². The van der Waals surface area contributed by atoms with E-state index in [0.717, 1.165) is 16.3 Å². The molecule has 0 radical (unpaired) electrons. The zero-order valence-corrected chi connectivity index (χ0v) is 37.9. The predicted octanol–water partition coefficient (Wildman–Crippen LogP) is 4.37. The lowest BCUT2D eigenvalue weighted by Crippen LogP contribution is -2.40. The maximum atomic E-state index is 15.4. The van der Waals surface area contributed by atoms with E-state index in [4.69, 9.17) is 28.5 Å². The van der Waals surface area contributed by atoms with Gasteiger partial charge < -0.3 is 33.1 Å². The number of carbonyl (C=O) groups excluding carboxylic acids is 4. The summed E-state index contributed by atoms with van der Waals surface area (Å²) in [5.41, 5.74) is 1.62. The van der Waals surface area contributed by atoms with E-state index in [9.17, 15) is 35.8 Å². The van der Waals surface area contributed by atoms with Gasteiger partial charge in [0.2, 0.25) is 11.0 Å². The van der Waals surface area contributed by atoms with Crippen LogP contribution >= 0.6 is 0 Å². The van der Waals surface area contributed by atoms with Crippen LogP contribution in [0.5, 0.6) is 11.5 Å². The summed E-state index contributed by atoms with van der Waals surface area (Å²) < 4.78 is 95.2. The first-order valence-electron chi connectivity index (χ1n) is 21.1. The van der Waals surface area contributed by atoms with E-state index in [0.29, 0.717) is 47.4 Å². The number of amides is 3. The third-order valence-corrected chi connectivity index (χ3v) is 12.7. The van der Waals surface area contributed by atoms with Gasteiger partial charge in [0.25, 0.3) is 27.7 Å². The average Bonchev–Trinajstić information content (AvgIpc) is 3.57. The van der Waals surface area contributed by atoms with Gasteiger partial charge in [-0.15, -0.1) is 5.06 Å². The van der Waals surface area contributed by atoms with Crippen molar-refractivity contribution >= 4 is 65.6 Å². The molecule has 1 saturated heterocycles. The van der Waals surface area contributed by atoms with E-state index in [1.807, 2.05) is 6.92 Å². The molecular formula is C44H55N3O15S2. The van der Waals surface area contributed by atoms with Crippen LogP contribution in [-0.4, -0.2) is 120 Å². The van der Waals surface area contributed by atoms with Crippen molar-refractivity contribution in [2.75, 3.05) is 65.7 Å². The first-order chi connectivity index (χ1) is 30.6. The van der Waals surface area contributed by atoms with E-state index in [1.54, 1.807) is 67.1 Å². The second-order valence-electron chi connectivity index (χ2n) is 15.0. The summed E-state index contributed by atoms with van der Waals surface area (Å²) in [7, 11) is -7.57. The van der Waals surface area contributed by atoms with Gasteiger partial charge in [0.05, 0.1) is 57.8 Å². The number of hydroxylamine groups is 2. The number of fused-ring (bicyclic) bond motifs is 2. The van der Waals surface area contributed by atoms with E-state index in [2.05, 4.69) is 0 Å². The highest BCUT2D eigenvalue weighted by Gasteiger charge is 2.35. The molecular weight excluding hydrogens is 875 g/mol. The van der Waals surface area contributed by atoms with Crippen molar-refractivity contribution in [3.05, 3.63) is 71.8 Å². The molecule has 0 bridgehead atoms. The Morgan fingerprint density at radius 1 is 0.750 bits per heavy atom. The van der Waals surface area contributed by atoms with Crippen LogP contribution in [0.25, 0.3) is 21.8 Å². The largest absolute Gasteiger partial charge is 0.748 e. The van der Waals surface area contributed by atoms with E-state index in [-0.39, 0.29) is 106 Å². The Bertz CT molecular complexity index is 2480. The Balaban J connectivity index is 1.59. The number of rotatable bonds is 27. The zero-order valence-electron chi connectivity index (χ0n) is 36.3. The molecule has 0 N–H and O–H groups in total. The Hall–Kier alpha value is -5.25. The lowest BCUT2D eigenvalue weighted by molar-refractivity contribution is -0.645. The summed E-state index contributed by atoms with van der Waals surface area (Å²) in [4.78, 5) is 56.6. The van der Waals surface area contributed by atoms with Crippen LogP contribution < -0.4 is 14.0 Å². The van der Waals surface area contributed by atoms with Gasteiger partial charge in [0.1, 0.15) is 24.7 Å². The number of unbranched alkanes of at least 4 members (excludes halogenated alkanes) is 2. The summed E-state index contributed by atoms with van der Waals surface area (Å²) in [5.74, 6) is -2.90. The topological polar surface area (TPSA) is 225 Å². The number of carbonyl (C=O) groups is 4. The van der Waals surface area contributed by atoms with Crippen molar-refractivity contribution in [3.63, 3.8) is 0 Å². The van der Waals surface area contributed by atoms with E-state index < -0.39 is 49.6 Å². The lowest BCUT2D eigenvalue weighted by Gasteiger charge is -2.24. The van der Waals surface area contributed by atoms with E-state index in [1.165, 1.54) is 12.1 Å². The van der Waals surface area contributed by atoms with Crippen molar-refractivity contribution in [3.8, 4) is 11.5 Å². The summed E-state index contributed by atoms with van der Waals surface area (Å²) in [6, 6.07) is 16.0. The molecule has 64 heavy (non-hydrogen) atoms. The van der Waals surface area contributed by atoms with Crippen molar-refractivity contribution in [1.29, 1.82) is 0 Å². The predicted molar refractivity (Wildman–Crippen MR) is 231 cm³/mol. The maximum Gasteiger partial charge on any atom is 0.333 e. The first-order valence-corrected chi connectivity index (χ1v) is 24.1. The molecule has 1 fully saturated rings. The molecule has 1 aliphatic rings. The SMILES string of the molecule is CCCOCCOc1ccc2c(c1)c(C(=O)N(CCCCCC(=O)ON1C(=O)CCC1=O)S(=O)(=O)c1ccc(C)cc1)c1cc(OCCOCCOC)ccc1[n+]2CCCS(=O)(=O)[O-]. The molecule has 3 aromatic carbocycles. The van der Waals surface area contributed by atoms with Gasteiger partial charge >= 0.3 is 5.97 Å². The molecule has 0 unspecified atom stereocenters. The number of sulfonamides is 1. The van der Waals surface area contributed by atoms with Gasteiger partial charge in [-0.1, -0.05) is 31.0 Å². The van der Waals surface area contributed by atoms with Crippen LogP contribution in [0.1, 0.15) is 74.2 Å². The highest BCUT2D eigenvalue weighted by Crippen LogP contribution is 2.33. The fourth-order valence-electron chi connectivity index (χ4n) is 6.95. The molecule has 20 heteroatoms.